The second-order valence-corrected chi connectivity index (χ2v) is 7.22. The Morgan fingerprint density at radius 1 is 1.43 bits per heavy atom. The molecule has 0 aliphatic carbocycles. The van der Waals surface area contributed by atoms with Gasteiger partial charge in [0.15, 0.2) is 0 Å². The van der Waals surface area contributed by atoms with Crippen molar-refractivity contribution in [3.63, 3.8) is 0 Å². The van der Waals surface area contributed by atoms with E-state index in [2.05, 4.69) is 0 Å². The molecular formula is C12H12ClFN2O6S. The van der Waals surface area contributed by atoms with Crippen LogP contribution in [0.15, 0.2) is 17.0 Å². The van der Waals surface area contributed by atoms with E-state index in [4.69, 9.17) is 16.7 Å². The van der Waals surface area contributed by atoms with Gasteiger partial charge in [-0.25, -0.2) is 12.8 Å². The first-order valence-electron chi connectivity index (χ1n) is 6.54. The summed E-state index contributed by atoms with van der Waals surface area (Å²) >= 11 is 5.63. The Bertz CT molecular complexity index is 769. The number of rotatable bonds is 4. The second-order valence-electron chi connectivity index (χ2n) is 4.96. The summed E-state index contributed by atoms with van der Waals surface area (Å²) in [5, 5.41) is 19.3. The van der Waals surface area contributed by atoms with Crippen LogP contribution in [-0.4, -0.2) is 41.3 Å². The molecule has 0 aromatic heterocycles. The predicted octanol–water partition coefficient (Wildman–Crippen LogP) is 2.02. The highest BCUT2D eigenvalue weighted by Gasteiger charge is 2.39. The zero-order valence-electron chi connectivity index (χ0n) is 11.6. The van der Waals surface area contributed by atoms with Crippen molar-refractivity contribution in [1.29, 1.82) is 0 Å². The summed E-state index contributed by atoms with van der Waals surface area (Å²) in [7, 11) is -4.48. The summed E-state index contributed by atoms with van der Waals surface area (Å²) < 4.78 is 39.8. The van der Waals surface area contributed by atoms with Crippen LogP contribution in [0.5, 0.6) is 0 Å². The average molecular weight is 367 g/mol. The fraction of sp³-hybridized carbons (Fsp3) is 0.417. The highest BCUT2D eigenvalue weighted by molar-refractivity contribution is 7.89. The van der Waals surface area contributed by atoms with Crippen molar-refractivity contribution in [2.75, 3.05) is 6.54 Å². The predicted molar refractivity (Wildman–Crippen MR) is 77.2 cm³/mol. The van der Waals surface area contributed by atoms with E-state index >= 15 is 0 Å². The van der Waals surface area contributed by atoms with Crippen LogP contribution in [0, 0.1) is 15.9 Å². The molecule has 0 radical (unpaired) electrons. The Labute approximate surface area is 135 Å². The Balaban J connectivity index is 2.53. The Morgan fingerprint density at radius 3 is 2.65 bits per heavy atom. The van der Waals surface area contributed by atoms with E-state index in [0.717, 1.165) is 0 Å². The highest BCUT2D eigenvalue weighted by atomic mass is 35.5. The summed E-state index contributed by atoms with van der Waals surface area (Å²) in [6, 6.07) is -0.255. The van der Waals surface area contributed by atoms with E-state index in [1.54, 1.807) is 0 Å². The molecule has 1 fully saturated rings. The number of hydrogen-bond donors (Lipinski definition) is 1. The van der Waals surface area contributed by atoms with E-state index in [1.807, 2.05) is 0 Å². The molecule has 1 aromatic carbocycles. The lowest BCUT2D eigenvalue weighted by Crippen LogP contribution is -2.48. The van der Waals surface area contributed by atoms with Crippen LogP contribution in [0.1, 0.15) is 19.3 Å². The molecule has 1 aliphatic rings. The second kappa shape index (κ2) is 6.38. The molecule has 2 rings (SSSR count). The SMILES string of the molecule is O=C(O)C1CCCCN1S(=O)(=O)c1cc(Cl)c([N+](=O)[O-])cc1F. The van der Waals surface area contributed by atoms with Crippen LogP contribution < -0.4 is 0 Å². The molecule has 0 spiro atoms. The standard InChI is InChI=1S/C12H12ClFN2O6S/c13-7-5-11(8(14)6-10(7)16(19)20)23(21,22)15-4-2-1-3-9(15)12(17)18/h5-6,9H,1-4H2,(H,17,18). The number of carboxylic acids is 1. The molecule has 1 atom stereocenters. The van der Waals surface area contributed by atoms with Gasteiger partial charge >= 0.3 is 5.97 Å². The number of halogens is 2. The minimum atomic E-state index is -4.48. The van der Waals surface area contributed by atoms with E-state index in [9.17, 15) is 27.7 Å². The van der Waals surface area contributed by atoms with Crippen LogP contribution in [0.3, 0.4) is 0 Å². The Hall–Kier alpha value is -1.78. The molecule has 1 saturated heterocycles. The third-order valence-corrected chi connectivity index (χ3v) is 5.75. The molecule has 1 aliphatic heterocycles. The van der Waals surface area contributed by atoms with E-state index in [-0.39, 0.29) is 13.0 Å². The molecule has 23 heavy (non-hydrogen) atoms. The molecule has 126 valence electrons. The van der Waals surface area contributed by atoms with Crippen molar-refractivity contribution < 1.29 is 27.6 Å². The summed E-state index contributed by atoms with van der Waals surface area (Å²) in [6.45, 7) is -0.0760. The van der Waals surface area contributed by atoms with Gasteiger partial charge in [0.25, 0.3) is 5.69 Å². The number of carboxylic acid groups (broad SMARTS) is 1. The van der Waals surface area contributed by atoms with Crippen LogP contribution in [-0.2, 0) is 14.8 Å². The molecule has 1 aromatic rings. The maximum Gasteiger partial charge on any atom is 0.322 e. The number of hydrogen-bond acceptors (Lipinski definition) is 5. The van der Waals surface area contributed by atoms with Gasteiger partial charge in [-0.05, 0) is 25.3 Å². The van der Waals surface area contributed by atoms with Gasteiger partial charge in [0.2, 0.25) is 10.0 Å². The smallest absolute Gasteiger partial charge is 0.322 e. The van der Waals surface area contributed by atoms with E-state index < -0.39 is 48.4 Å². The molecule has 11 heteroatoms. The van der Waals surface area contributed by atoms with E-state index in [1.165, 1.54) is 0 Å². The molecule has 0 amide bonds. The molecule has 0 saturated carbocycles. The van der Waals surface area contributed by atoms with Gasteiger partial charge in [0.05, 0.1) is 11.0 Å². The zero-order valence-corrected chi connectivity index (χ0v) is 13.2. The van der Waals surface area contributed by atoms with Gasteiger partial charge in [0.1, 0.15) is 21.8 Å². The summed E-state index contributed by atoms with van der Waals surface area (Å²) in [4.78, 5) is 20.1. The van der Waals surface area contributed by atoms with Crippen LogP contribution in [0.2, 0.25) is 5.02 Å². The van der Waals surface area contributed by atoms with Crippen molar-refractivity contribution in [2.45, 2.75) is 30.2 Å². The summed E-state index contributed by atoms with van der Waals surface area (Å²) in [5.41, 5.74) is -0.767. The Morgan fingerprint density at radius 2 is 2.09 bits per heavy atom. The Kier molecular flexibility index (Phi) is 4.87. The molecule has 0 bridgehead atoms. The summed E-state index contributed by atoms with van der Waals surface area (Å²) in [6.07, 6.45) is 1.08. The first-order valence-corrected chi connectivity index (χ1v) is 8.36. The van der Waals surface area contributed by atoms with Crippen molar-refractivity contribution in [1.82, 2.24) is 4.31 Å². The van der Waals surface area contributed by atoms with Crippen LogP contribution in [0.25, 0.3) is 0 Å². The number of nitrogens with zero attached hydrogens (tertiary/aromatic N) is 2. The van der Waals surface area contributed by atoms with Gasteiger partial charge in [-0.2, -0.15) is 4.31 Å². The number of aliphatic carboxylic acids is 1. The van der Waals surface area contributed by atoms with Crippen molar-refractivity contribution >= 4 is 33.3 Å². The fourth-order valence-corrected chi connectivity index (χ4v) is 4.44. The van der Waals surface area contributed by atoms with Gasteiger partial charge in [-0.15, -0.1) is 0 Å². The number of sulfonamides is 1. The highest BCUT2D eigenvalue weighted by Crippen LogP contribution is 2.33. The average Bonchev–Trinajstić information content (AvgIpc) is 2.48. The first kappa shape index (κ1) is 17.6. The lowest BCUT2D eigenvalue weighted by Gasteiger charge is -2.31. The minimum absolute atomic E-state index is 0.0760. The summed E-state index contributed by atoms with van der Waals surface area (Å²) in [5.74, 6) is -2.68. The first-order chi connectivity index (χ1) is 10.7. The number of nitro groups is 1. The number of piperidine rings is 1. The van der Waals surface area contributed by atoms with Crippen molar-refractivity contribution in [3.8, 4) is 0 Å². The maximum absolute atomic E-state index is 14.1. The normalized spacial score (nSPS) is 19.5. The number of benzene rings is 1. The third-order valence-electron chi connectivity index (χ3n) is 3.52. The zero-order chi connectivity index (χ0) is 17.4. The van der Waals surface area contributed by atoms with Gasteiger partial charge in [-0.3, -0.25) is 14.9 Å². The largest absolute Gasteiger partial charge is 0.480 e. The maximum atomic E-state index is 14.1. The molecule has 1 N–H and O–H groups in total. The molecular weight excluding hydrogens is 355 g/mol. The van der Waals surface area contributed by atoms with Crippen molar-refractivity contribution in [3.05, 3.63) is 33.1 Å². The number of carbonyl (C=O) groups is 1. The van der Waals surface area contributed by atoms with Crippen LogP contribution in [0.4, 0.5) is 10.1 Å². The topological polar surface area (TPSA) is 118 Å². The van der Waals surface area contributed by atoms with Gasteiger partial charge in [-0.1, -0.05) is 11.6 Å². The lowest BCUT2D eigenvalue weighted by molar-refractivity contribution is -0.384. The minimum Gasteiger partial charge on any atom is -0.480 e. The molecule has 1 unspecified atom stereocenters. The molecule has 1 heterocycles. The fourth-order valence-electron chi connectivity index (χ4n) is 2.42. The third kappa shape index (κ3) is 3.28. The van der Waals surface area contributed by atoms with Gasteiger partial charge in [0, 0.05) is 6.54 Å². The van der Waals surface area contributed by atoms with E-state index in [0.29, 0.717) is 29.3 Å². The van der Waals surface area contributed by atoms with Gasteiger partial charge < -0.3 is 5.11 Å². The molecule has 8 nitrogen and oxygen atoms in total. The quantitative estimate of drug-likeness (QED) is 0.643. The van der Waals surface area contributed by atoms with Crippen LogP contribution >= 0.6 is 11.6 Å². The van der Waals surface area contributed by atoms with Crippen molar-refractivity contribution in [2.24, 2.45) is 0 Å². The number of nitro benzene ring substituents is 1. The monoisotopic (exact) mass is 366 g/mol. The lowest BCUT2D eigenvalue weighted by atomic mass is 10.1.